The lowest BCUT2D eigenvalue weighted by Crippen LogP contribution is -2.10. The van der Waals surface area contributed by atoms with E-state index in [0.29, 0.717) is 16.7 Å². The van der Waals surface area contributed by atoms with Crippen molar-refractivity contribution in [3.63, 3.8) is 0 Å². The molecule has 0 spiro atoms. The fraction of sp³-hybridized carbons (Fsp3) is 0. The lowest BCUT2D eigenvalue weighted by Gasteiger charge is -2.04. The molecule has 86 valence electrons. The highest BCUT2D eigenvalue weighted by molar-refractivity contribution is 5.94. The van der Waals surface area contributed by atoms with Gasteiger partial charge in [-0.15, -0.1) is 0 Å². The maximum absolute atomic E-state index is 13.1. The summed E-state index contributed by atoms with van der Waals surface area (Å²) in [6.07, 6.45) is 0. The predicted molar refractivity (Wildman–Crippen MR) is 62.0 cm³/mol. The first-order chi connectivity index (χ1) is 8.06. The van der Waals surface area contributed by atoms with E-state index in [-0.39, 0.29) is 5.75 Å². The monoisotopic (exact) mass is 231 g/mol. The minimum absolute atomic E-state index is 0.163. The molecule has 17 heavy (non-hydrogen) atoms. The van der Waals surface area contributed by atoms with Gasteiger partial charge in [0.1, 0.15) is 11.6 Å². The van der Waals surface area contributed by atoms with Crippen LogP contribution in [0.5, 0.6) is 5.75 Å². The third-order valence-corrected chi connectivity index (χ3v) is 2.36. The van der Waals surface area contributed by atoms with Crippen LogP contribution in [0, 0.1) is 5.82 Å². The Kier molecular flexibility index (Phi) is 2.78. The van der Waals surface area contributed by atoms with Crippen molar-refractivity contribution in [1.82, 2.24) is 0 Å². The number of carbonyl (C=O) groups excluding carboxylic acids is 1. The van der Waals surface area contributed by atoms with E-state index in [4.69, 9.17) is 5.73 Å². The van der Waals surface area contributed by atoms with E-state index in [0.717, 1.165) is 6.07 Å². The molecule has 2 aromatic carbocycles. The minimum atomic E-state index is -0.549. The van der Waals surface area contributed by atoms with Crippen molar-refractivity contribution < 1.29 is 14.3 Å². The Morgan fingerprint density at radius 2 is 1.88 bits per heavy atom. The van der Waals surface area contributed by atoms with Crippen molar-refractivity contribution in [3.05, 3.63) is 53.8 Å². The third-order valence-electron chi connectivity index (χ3n) is 2.36. The number of nitrogens with two attached hydrogens (primary N) is 1. The maximum Gasteiger partial charge on any atom is 0.248 e. The highest BCUT2D eigenvalue weighted by Gasteiger charge is 2.05. The number of rotatable bonds is 2. The zero-order valence-corrected chi connectivity index (χ0v) is 8.85. The van der Waals surface area contributed by atoms with Crippen molar-refractivity contribution in [3.8, 4) is 16.9 Å². The summed E-state index contributed by atoms with van der Waals surface area (Å²) in [5.41, 5.74) is 6.61. The molecule has 3 nitrogen and oxygen atoms in total. The number of hydrogen-bond acceptors (Lipinski definition) is 2. The third kappa shape index (κ3) is 2.42. The van der Waals surface area contributed by atoms with E-state index in [1.54, 1.807) is 24.3 Å². The number of halogens is 1. The van der Waals surface area contributed by atoms with Crippen molar-refractivity contribution >= 4 is 5.91 Å². The van der Waals surface area contributed by atoms with Crippen LogP contribution in [0.1, 0.15) is 10.4 Å². The molecule has 1 amide bonds. The Bertz CT molecular complexity index is 561. The summed E-state index contributed by atoms with van der Waals surface area (Å²) in [5, 5.41) is 9.30. The minimum Gasteiger partial charge on any atom is -0.508 e. The van der Waals surface area contributed by atoms with Gasteiger partial charge >= 0.3 is 0 Å². The molecule has 4 heteroatoms. The van der Waals surface area contributed by atoms with Crippen molar-refractivity contribution in [2.45, 2.75) is 0 Å². The van der Waals surface area contributed by atoms with Gasteiger partial charge < -0.3 is 10.8 Å². The summed E-state index contributed by atoms with van der Waals surface area (Å²) < 4.78 is 13.1. The zero-order valence-electron chi connectivity index (χ0n) is 8.85. The summed E-state index contributed by atoms with van der Waals surface area (Å²) in [7, 11) is 0. The second-order valence-corrected chi connectivity index (χ2v) is 3.64. The lowest BCUT2D eigenvalue weighted by atomic mass is 10.0. The number of benzene rings is 2. The van der Waals surface area contributed by atoms with Crippen molar-refractivity contribution in [2.24, 2.45) is 5.73 Å². The summed E-state index contributed by atoms with van der Waals surface area (Å²) in [6.45, 7) is 0. The number of hydrogen-bond donors (Lipinski definition) is 2. The van der Waals surface area contributed by atoms with E-state index in [1.165, 1.54) is 12.1 Å². The number of primary amides is 1. The van der Waals surface area contributed by atoms with Gasteiger partial charge in [0, 0.05) is 11.6 Å². The van der Waals surface area contributed by atoms with Gasteiger partial charge in [-0.05, 0) is 35.4 Å². The van der Waals surface area contributed by atoms with Crippen LogP contribution in [0.3, 0.4) is 0 Å². The highest BCUT2D eigenvalue weighted by atomic mass is 19.1. The summed E-state index contributed by atoms with van der Waals surface area (Å²) in [6, 6.07) is 10.2. The van der Waals surface area contributed by atoms with Crippen LogP contribution in [0.4, 0.5) is 4.39 Å². The molecule has 0 atom stereocenters. The molecule has 0 fully saturated rings. The molecule has 0 aliphatic rings. The lowest BCUT2D eigenvalue weighted by molar-refractivity contribution is 0.100. The quantitative estimate of drug-likeness (QED) is 0.832. The summed E-state index contributed by atoms with van der Waals surface area (Å²) >= 11 is 0. The first-order valence-electron chi connectivity index (χ1n) is 4.96. The van der Waals surface area contributed by atoms with Gasteiger partial charge in [-0.25, -0.2) is 4.39 Å². The molecular weight excluding hydrogens is 221 g/mol. The predicted octanol–water partition coefficient (Wildman–Crippen LogP) is 2.30. The molecule has 0 saturated carbocycles. The smallest absolute Gasteiger partial charge is 0.248 e. The average Bonchev–Trinajstić information content (AvgIpc) is 2.28. The van der Waals surface area contributed by atoms with Crippen LogP contribution in [-0.2, 0) is 0 Å². The number of phenols is 1. The Morgan fingerprint density at radius 1 is 1.12 bits per heavy atom. The average molecular weight is 231 g/mol. The molecule has 0 heterocycles. The fourth-order valence-corrected chi connectivity index (χ4v) is 1.59. The molecule has 0 bridgehead atoms. The van der Waals surface area contributed by atoms with Gasteiger partial charge in [-0.3, -0.25) is 4.79 Å². The summed E-state index contributed by atoms with van der Waals surface area (Å²) in [4.78, 5) is 11.0. The van der Waals surface area contributed by atoms with Crippen LogP contribution in [0.25, 0.3) is 11.1 Å². The molecular formula is C13H10FNO2. The van der Waals surface area contributed by atoms with Gasteiger partial charge in [0.15, 0.2) is 0 Å². The topological polar surface area (TPSA) is 63.3 Å². The van der Waals surface area contributed by atoms with E-state index in [2.05, 4.69) is 0 Å². The summed E-state index contributed by atoms with van der Waals surface area (Å²) in [5.74, 6) is -1.25. The number of phenolic OH excluding ortho intramolecular Hbond substituents is 1. The SMILES string of the molecule is NC(=O)c1cccc(-c2cc(O)cc(F)c2)c1. The second kappa shape index (κ2) is 4.25. The molecule has 0 saturated heterocycles. The Labute approximate surface area is 97.3 Å². The largest absolute Gasteiger partial charge is 0.508 e. The van der Waals surface area contributed by atoms with E-state index >= 15 is 0 Å². The fourth-order valence-electron chi connectivity index (χ4n) is 1.59. The maximum atomic E-state index is 13.1. The van der Waals surface area contributed by atoms with Crippen LogP contribution >= 0.6 is 0 Å². The first kappa shape index (κ1) is 11.1. The molecule has 2 aromatic rings. The van der Waals surface area contributed by atoms with Crippen molar-refractivity contribution in [2.75, 3.05) is 0 Å². The van der Waals surface area contributed by atoms with Crippen LogP contribution in [0.2, 0.25) is 0 Å². The molecule has 0 aliphatic carbocycles. The molecule has 0 aliphatic heterocycles. The standard InChI is InChI=1S/C13H10FNO2/c14-11-5-10(6-12(16)7-11)8-2-1-3-9(4-8)13(15)17/h1-7,16H,(H2,15,17). The van der Waals surface area contributed by atoms with Gasteiger partial charge in [-0.2, -0.15) is 0 Å². The van der Waals surface area contributed by atoms with Crippen LogP contribution in [-0.4, -0.2) is 11.0 Å². The molecule has 0 unspecified atom stereocenters. The number of amides is 1. The Balaban J connectivity index is 2.52. The Morgan fingerprint density at radius 3 is 2.53 bits per heavy atom. The molecule has 0 aromatic heterocycles. The van der Waals surface area contributed by atoms with Gasteiger partial charge in [0.25, 0.3) is 0 Å². The highest BCUT2D eigenvalue weighted by Crippen LogP contribution is 2.25. The number of carbonyl (C=O) groups is 1. The van der Waals surface area contributed by atoms with E-state index in [9.17, 15) is 14.3 Å². The molecule has 3 N–H and O–H groups in total. The van der Waals surface area contributed by atoms with Crippen LogP contribution < -0.4 is 5.73 Å². The van der Waals surface area contributed by atoms with Crippen LogP contribution in [0.15, 0.2) is 42.5 Å². The normalized spacial score (nSPS) is 10.2. The van der Waals surface area contributed by atoms with Gasteiger partial charge in [-0.1, -0.05) is 12.1 Å². The Hall–Kier alpha value is -2.36. The zero-order chi connectivity index (χ0) is 12.4. The van der Waals surface area contributed by atoms with E-state index < -0.39 is 11.7 Å². The van der Waals surface area contributed by atoms with Gasteiger partial charge in [0.05, 0.1) is 0 Å². The van der Waals surface area contributed by atoms with Gasteiger partial charge in [0.2, 0.25) is 5.91 Å². The van der Waals surface area contributed by atoms with Crippen molar-refractivity contribution in [1.29, 1.82) is 0 Å². The number of aromatic hydroxyl groups is 1. The van der Waals surface area contributed by atoms with E-state index in [1.807, 2.05) is 0 Å². The molecule has 2 rings (SSSR count). The first-order valence-corrected chi connectivity index (χ1v) is 4.96. The molecule has 0 radical (unpaired) electrons. The second-order valence-electron chi connectivity index (χ2n) is 3.64.